The van der Waals surface area contributed by atoms with Crippen LogP contribution in [-0.2, 0) is 10.1 Å². The van der Waals surface area contributed by atoms with Crippen LogP contribution in [0.3, 0.4) is 0 Å². The summed E-state index contributed by atoms with van der Waals surface area (Å²) in [5, 5.41) is 9.26. The molecule has 0 amide bonds. The molecule has 0 spiro atoms. The van der Waals surface area contributed by atoms with E-state index in [1.807, 2.05) is 0 Å². The SMILES string of the molecule is O=S(=O)(Oc1cccc(O)c1)c1cccc(Cl)c1Cl. The van der Waals surface area contributed by atoms with E-state index in [9.17, 15) is 13.5 Å². The number of phenolic OH excluding ortho intramolecular Hbond substituents is 1. The minimum absolute atomic E-state index is 0.0176. The van der Waals surface area contributed by atoms with E-state index in [0.29, 0.717) is 0 Å². The lowest BCUT2D eigenvalue weighted by atomic mass is 10.3. The zero-order valence-electron chi connectivity index (χ0n) is 9.38. The van der Waals surface area contributed by atoms with Crippen LogP contribution >= 0.6 is 23.2 Å². The van der Waals surface area contributed by atoms with Crippen LogP contribution in [0.1, 0.15) is 0 Å². The smallest absolute Gasteiger partial charge is 0.340 e. The first-order chi connectivity index (χ1) is 8.90. The zero-order chi connectivity index (χ0) is 14.0. The van der Waals surface area contributed by atoms with Crippen molar-refractivity contribution in [3.63, 3.8) is 0 Å². The summed E-state index contributed by atoms with van der Waals surface area (Å²) in [4.78, 5) is -0.231. The number of aromatic hydroxyl groups is 1. The number of benzene rings is 2. The largest absolute Gasteiger partial charge is 0.508 e. The highest BCUT2D eigenvalue weighted by molar-refractivity contribution is 7.87. The van der Waals surface area contributed by atoms with Crippen molar-refractivity contribution in [3.8, 4) is 11.5 Å². The molecule has 2 rings (SSSR count). The van der Waals surface area contributed by atoms with E-state index in [1.54, 1.807) is 0 Å². The summed E-state index contributed by atoms with van der Waals surface area (Å²) in [6, 6.07) is 9.63. The first kappa shape index (κ1) is 14.0. The van der Waals surface area contributed by atoms with Crippen LogP contribution in [0.25, 0.3) is 0 Å². The van der Waals surface area contributed by atoms with Gasteiger partial charge >= 0.3 is 10.1 Å². The lowest BCUT2D eigenvalue weighted by Crippen LogP contribution is -2.10. The summed E-state index contributed by atoms with van der Waals surface area (Å²) in [6.45, 7) is 0. The van der Waals surface area contributed by atoms with Gasteiger partial charge in [-0.25, -0.2) is 0 Å². The monoisotopic (exact) mass is 318 g/mol. The molecule has 0 atom stereocenters. The molecule has 4 nitrogen and oxygen atoms in total. The molecule has 2 aromatic rings. The van der Waals surface area contributed by atoms with Crippen molar-refractivity contribution < 1.29 is 17.7 Å². The summed E-state index contributed by atoms with van der Waals surface area (Å²) < 4.78 is 29.0. The highest BCUT2D eigenvalue weighted by Gasteiger charge is 2.21. The average molecular weight is 319 g/mol. The van der Waals surface area contributed by atoms with Crippen LogP contribution in [0.5, 0.6) is 11.5 Å². The minimum Gasteiger partial charge on any atom is -0.508 e. The van der Waals surface area contributed by atoms with Crippen molar-refractivity contribution in [2.75, 3.05) is 0 Å². The molecule has 2 aromatic carbocycles. The number of halogens is 2. The highest BCUT2D eigenvalue weighted by atomic mass is 35.5. The first-order valence-corrected chi connectivity index (χ1v) is 7.24. The van der Waals surface area contributed by atoms with Crippen LogP contribution in [0, 0.1) is 0 Å². The number of hydrogen-bond acceptors (Lipinski definition) is 4. The van der Waals surface area contributed by atoms with Crippen molar-refractivity contribution in [1.29, 1.82) is 0 Å². The molecule has 0 aliphatic carbocycles. The Hall–Kier alpha value is -1.43. The quantitative estimate of drug-likeness (QED) is 0.880. The fourth-order valence-electron chi connectivity index (χ4n) is 1.38. The van der Waals surface area contributed by atoms with Gasteiger partial charge in [-0.2, -0.15) is 8.42 Å². The molecular weight excluding hydrogens is 311 g/mol. The second-order valence-electron chi connectivity index (χ2n) is 3.59. The van der Waals surface area contributed by atoms with Crippen LogP contribution in [0.2, 0.25) is 10.0 Å². The molecule has 0 bridgehead atoms. The summed E-state index contributed by atoms with van der Waals surface area (Å²) in [5.74, 6) is -0.124. The molecular formula is C12H8Cl2O4S. The molecule has 0 heterocycles. The van der Waals surface area contributed by atoms with E-state index in [0.717, 1.165) is 0 Å². The van der Waals surface area contributed by atoms with E-state index < -0.39 is 10.1 Å². The maximum atomic E-state index is 12.0. The highest BCUT2D eigenvalue weighted by Crippen LogP contribution is 2.31. The maximum Gasteiger partial charge on any atom is 0.340 e. The summed E-state index contributed by atoms with van der Waals surface area (Å²) in [6.07, 6.45) is 0. The Morgan fingerprint density at radius 2 is 1.74 bits per heavy atom. The second-order valence-corrected chi connectivity index (χ2v) is 5.89. The predicted molar refractivity (Wildman–Crippen MR) is 72.4 cm³/mol. The number of phenols is 1. The minimum atomic E-state index is -4.11. The normalized spacial score (nSPS) is 11.3. The van der Waals surface area contributed by atoms with Gasteiger partial charge in [0.15, 0.2) is 0 Å². The van der Waals surface area contributed by atoms with Gasteiger partial charge in [-0.3, -0.25) is 0 Å². The van der Waals surface area contributed by atoms with E-state index in [1.165, 1.54) is 42.5 Å². The Bertz CT molecular complexity index is 713. The molecule has 0 aliphatic heterocycles. The van der Waals surface area contributed by atoms with Crippen molar-refractivity contribution in [2.45, 2.75) is 4.90 Å². The third-order valence-corrected chi connectivity index (χ3v) is 4.43. The molecule has 0 radical (unpaired) electrons. The Labute approximate surface area is 120 Å². The van der Waals surface area contributed by atoms with E-state index in [2.05, 4.69) is 0 Å². The van der Waals surface area contributed by atoms with E-state index in [4.69, 9.17) is 27.4 Å². The Balaban J connectivity index is 2.41. The molecule has 0 aliphatic rings. The maximum absolute atomic E-state index is 12.0. The number of hydrogen-bond donors (Lipinski definition) is 1. The fourth-order valence-corrected chi connectivity index (χ4v) is 3.05. The van der Waals surface area contributed by atoms with E-state index in [-0.39, 0.29) is 26.4 Å². The molecule has 0 aromatic heterocycles. The first-order valence-electron chi connectivity index (χ1n) is 5.08. The van der Waals surface area contributed by atoms with Crippen LogP contribution < -0.4 is 4.18 Å². The van der Waals surface area contributed by atoms with Crippen molar-refractivity contribution in [2.24, 2.45) is 0 Å². The second kappa shape index (κ2) is 5.28. The number of rotatable bonds is 3. The molecule has 1 N–H and O–H groups in total. The third-order valence-electron chi connectivity index (χ3n) is 2.21. The fraction of sp³-hybridized carbons (Fsp3) is 0. The summed E-state index contributed by atoms with van der Waals surface area (Å²) in [5.41, 5.74) is 0. The zero-order valence-corrected chi connectivity index (χ0v) is 11.7. The molecule has 7 heteroatoms. The van der Waals surface area contributed by atoms with Gasteiger partial charge in [0.05, 0.1) is 10.0 Å². The van der Waals surface area contributed by atoms with Gasteiger partial charge in [0.1, 0.15) is 16.4 Å². The molecule has 100 valence electrons. The van der Waals surface area contributed by atoms with Crippen molar-refractivity contribution in [1.82, 2.24) is 0 Å². The Morgan fingerprint density at radius 1 is 1.05 bits per heavy atom. The van der Waals surface area contributed by atoms with Gasteiger partial charge in [-0.15, -0.1) is 0 Å². The van der Waals surface area contributed by atoms with Gasteiger partial charge in [0, 0.05) is 6.07 Å². The molecule has 0 unspecified atom stereocenters. The Morgan fingerprint density at radius 3 is 2.42 bits per heavy atom. The van der Waals surface area contributed by atoms with Crippen LogP contribution in [-0.4, -0.2) is 13.5 Å². The summed E-state index contributed by atoms with van der Waals surface area (Å²) >= 11 is 11.6. The van der Waals surface area contributed by atoms with Crippen molar-refractivity contribution >= 4 is 33.3 Å². The van der Waals surface area contributed by atoms with Crippen LogP contribution in [0.15, 0.2) is 47.4 Å². The molecule has 0 saturated carbocycles. The topological polar surface area (TPSA) is 63.6 Å². The lowest BCUT2D eigenvalue weighted by Gasteiger charge is -2.09. The predicted octanol–water partition coefficient (Wildman–Crippen LogP) is 3.47. The molecule has 19 heavy (non-hydrogen) atoms. The summed E-state index contributed by atoms with van der Waals surface area (Å²) in [7, 11) is -4.11. The van der Waals surface area contributed by atoms with E-state index >= 15 is 0 Å². The van der Waals surface area contributed by atoms with Gasteiger partial charge < -0.3 is 9.29 Å². The lowest BCUT2D eigenvalue weighted by molar-refractivity contribution is 0.463. The average Bonchev–Trinajstić information content (AvgIpc) is 2.32. The van der Waals surface area contributed by atoms with Crippen molar-refractivity contribution in [3.05, 3.63) is 52.5 Å². The molecule has 0 fully saturated rings. The van der Waals surface area contributed by atoms with Gasteiger partial charge in [0.25, 0.3) is 0 Å². The standard InChI is InChI=1S/C12H8Cl2O4S/c13-10-5-2-6-11(12(10)14)19(16,17)18-9-4-1-3-8(15)7-9/h1-7,15H. The molecule has 0 saturated heterocycles. The van der Waals surface area contributed by atoms with Gasteiger partial charge in [-0.1, -0.05) is 35.3 Å². The third kappa shape index (κ3) is 3.12. The van der Waals surface area contributed by atoms with Gasteiger partial charge in [-0.05, 0) is 24.3 Å². The van der Waals surface area contributed by atoms with Gasteiger partial charge in [0.2, 0.25) is 0 Å². The Kier molecular flexibility index (Phi) is 3.89. The van der Waals surface area contributed by atoms with Crippen LogP contribution in [0.4, 0.5) is 0 Å².